The van der Waals surface area contributed by atoms with E-state index in [1.165, 1.54) is 5.56 Å². The molecule has 0 aliphatic rings. The van der Waals surface area contributed by atoms with Crippen molar-refractivity contribution < 1.29 is 13.9 Å². The van der Waals surface area contributed by atoms with Crippen molar-refractivity contribution in [2.24, 2.45) is 0 Å². The van der Waals surface area contributed by atoms with E-state index in [1.54, 1.807) is 18.9 Å². The molecule has 0 bridgehead atoms. The van der Waals surface area contributed by atoms with Crippen LogP contribution in [0.3, 0.4) is 0 Å². The number of hydrogen-bond acceptors (Lipinski definition) is 4. The van der Waals surface area contributed by atoms with E-state index in [0.717, 1.165) is 22.5 Å². The molecule has 1 N–H and O–H groups in total. The zero-order chi connectivity index (χ0) is 17.5. The van der Waals surface area contributed by atoms with Crippen LogP contribution in [-0.2, 0) is 15.3 Å². The molecule has 3 rings (SSSR count). The highest BCUT2D eigenvalue weighted by Crippen LogP contribution is 2.25. The average Bonchev–Trinajstić information content (AvgIpc) is 3.07. The first kappa shape index (κ1) is 17.6. The first-order valence-corrected chi connectivity index (χ1v) is 9.31. The average molecular weight is 355 g/mol. The molecule has 0 aliphatic carbocycles. The normalized spacial score (nSPS) is 12.2. The first-order valence-electron chi connectivity index (χ1n) is 8.16. The third kappa shape index (κ3) is 4.87. The van der Waals surface area contributed by atoms with Crippen LogP contribution in [0.5, 0.6) is 0 Å². The molecule has 1 amide bonds. The Morgan fingerprint density at radius 3 is 2.68 bits per heavy atom. The predicted molar refractivity (Wildman–Crippen MR) is 102 cm³/mol. The number of furan rings is 1. The maximum absolute atomic E-state index is 12.0. The lowest BCUT2D eigenvalue weighted by atomic mass is 10.2. The third-order valence-electron chi connectivity index (χ3n) is 3.88. The van der Waals surface area contributed by atoms with E-state index < -0.39 is 0 Å². The van der Waals surface area contributed by atoms with Gasteiger partial charge in [-0.1, -0.05) is 48.5 Å². The van der Waals surface area contributed by atoms with Gasteiger partial charge in [-0.2, -0.15) is 0 Å². The van der Waals surface area contributed by atoms with Crippen molar-refractivity contribution in [3.05, 3.63) is 72.0 Å². The minimum atomic E-state index is -0.296. The minimum absolute atomic E-state index is 0.000841. The Kier molecular flexibility index (Phi) is 6.14. The summed E-state index contributed by atoms with van der Waals surface area (Å²) < 4.78 is 11.3. The van der Waals surface area contributed by atoms with E-state index in [9.17, 15) is 4.79 Å². The molecule has 25 heavy (non-hydrogen) atoms. The summed E-state index contributed by atoms with van der Waals surface area (Å²) in [4.78, 5) is 12.0. The van der Waals surface area contributed by atoms with E-state index in [0.29, 0.717) is 12.3 Å². The third-order valence-corrected chi connectivity index (χ3v) is 4.88. The van der Waals surface area contributed by atoms with Crippen LogP contribution in [0.1, 0.15) is 17.4 Å². The molecule has 1 heterocycles. The van der Waals surface area contributed by atoms with Gasteiger partial charge in [0.2, 0.25) is 5.91 Å². The van der Waals surface area contributed by atoms with Crippen LogP contribution in [0.25, 0.3) is 11.0 Å². The summed E-state index contributed by atoms with van der Waals surface area (Å²) >= 11 is 1.60. The molecule has 0 radical (unpaired) electrons. The Morgan fingerprint density at radius 1 is 1.16 bits per heavy atom. The summed E-state index contributed by atoms with van der Waals surface area (Å²) in [6.45, 7) is 0.390. The smallest absolute Gasteiger partial charge is 0.230 e. The summed E-state index contributed by atoms with van der Waals surface area (Å²) in [7, 11) is 1.62. The Balaban J connectivity index is 1.48. The Hall–Kier alpha value is -2.24. The molecule has 0 fully saturated rings. The van der Waals surface area contributed by atoms with Crippen LogP contribution in [0, 0.1) is 0 Å². The molecule has 0 spiro atoms. The van der Waals surface area contributed by atoms with Gasteiger partial charge in [-0.25, -0.2) is 0 Å². The number of benzene rings is 2. The summed E-state index contributed by atoms with van der Waals surface area (Å²) in [5, 5.41) is 3.95. The van der Waals surface area contributed by atoms with Gasteiger partial charge in [0.15, 0.2) is 0 Å². The molecule has 3 aromatic rings. The number of rotatable bonds is 8. The van der Waals surface area contributed by atoms with Gasteiger partial charge in [-0.15, -0.1) is 11.8 Å². The van der Waals surface area contributed by atoms with Crippen molar-refractivity contribution in [2.45, 2.75) is 11.9 Å². The molecule has 0 saturated carbocycles. The highest BCUT2D eigenvalue weighted by Gasteiger charge is 2.16. The van der Waals surface area contributed by atoms with Gasteiger partial charge in [0, 0.05) is 18.2 Å². The summed E-state index contributed by atoms with van der Waals surface area (Å²) in [5.41, 5.74) is 2.04. The second-order valence-corrected chi connectivity index (χ2v) is 6.68. The van der Waals surface area contributed by atoms with Crippen molar-refractivity contribution in [1.29, 1.82) is 0 Å². The largest absolute Gasteiger partial charge is 0.458 e. The molecule has 1 aromatic heterocycles. The van der Waals surface area contributed by atoms with E-state index in [-0.39, 0.29) is 12.0 Å². The Morgan fingerprint density at radius 2 is 1.92 bits per heavy atom. The summed E-state index contributed by atoms with van der Waals surface area (Å²) in [6.07, 6.45) is -0.296. The van der Waals surface area contributed by atoms with Crippen LogP contribution in [-0.4, -0.2) is 25.3 Å². The number of para-hydroxylation sites is 1. The fourth-order valence-corrected chi connectivity index (χ4v) is 3.37. The number of thioether (sulfide) groups is 1. The zero-order valence-corrected chi connectivity index (χ0v) is 14.9. The van der Waals surface area contributed by atoms with Crippen molar-refractivity contribution in [3.63, 3.8) is 0 Å². The molecule has 130 valence electrons. The molecule has 4 nitrogen and oxygen atoms in total. The number of hydrogen-bond donors (Lipinski definition) is 1. The monoisotopic (exact) mass is 355 g/mol. The Labute approximate surface area is 151 Å². The molecular formula is C20H21NO3S. The fraction of sp³-hybridized carbons (Fsp3) is 0.250. The van der Waals surface area contributed by atoms with Gasteiger partial charge in [-0.05, 0) is 17.7 Å². The van der Waals surface area contributed by atoms with Crippen LogP contribution < -0.4 is 5.32 Å². The zero-order valence-electron chi connectivity index (χ0n) is 14.1. The SMILES string of the molecule is COC(CNC(=O)CSCc1ccccc1)c1cc2ccccc2o1. The lowest BCUT2D eigenvalue weighted by molar-refractivity contribution is -0.119. The molecule has 0 aliphatic heterocycles. The highest BCUT2D eigenvalue weighted by molar-refractivity contribution is 7.99. The number of amides is 1. The van der Waals surface area contributed by atoms with Crippen LogP contribution >= 0.6 is 11.8 Å². The highest BCUT2D eigenvalue weighted by atomic mass is 32.2. The topological polar surface area (TPSA) is 51.5 Å². The predicted octanol–water partition coefficient (Wildman–Crippen LogP) is 4.17. The lowest BCUT2D eigenvalue weighted by Crippen LogP contribution is -2.30. The van der Waals surface area contributed by atoms with Crippen molar-refractivity contribution in [2.75, 3.05) is 19.4 Å². The molecular weight excluding hydrogens is 334 g/mol. The van der Waals surface area contributed by atoms with Crippen molar-refractivity contribution in [1.82, 2.24) is 5.32 Å². The van der Waals surface area contributed by atoms with E-state index in [1.807, 2.05) is 48.5 Å². The second-order valence-electron chi connectivity index (χ2n) is 5.69. The van der Waals surface area contributed by atoms with Crippen LogP contribution in [0.2, 0.25) is 0 Å². The van der Waals surface area contributed by atoms with E-state index >= 15 is 0 Å². The number of carbonyl (C=O) groups excluding carboxylic acids is 1. The number of ether oxygens (including phenoxy) is 1. The first-order chi connectivity index (χ1) is 12.3. The maximum atomic E-state index is 12.0. The maximum Gasteiger partial charge on any atom is 0.230 e. The van der Waals surface area contributed by atoms with Crippen LogP contribution in [0.15, 0.2) is 65.1 Å². The number of methoxy groups -OCH3 is 1. The van der Waals surface area contributed by atoms with Crippen LogP contribution in [0.4, 0.5) is 0 Å². The Bertz CT molecular complexity index is 783. The quantitative estimate of drug-likeness (QED) is 0.659. The van der Waals surface area contributed by atoms with Gasteiger partial charge >= 0.3 is 0 Å². The lowest BCUT2D eigenvalue weighted by Gasteiger charge is -2.13. The van der Waals surface area contributed by atoms with E-state index in [2.05, 4.69) is 17.4 Å². The molecule has 0 saturated heterocycles. The standard InChI is InChI=1S/C20H21NO3S/c1-23-19(18-11-16-9-5-6-10-17(16)24-18)12-21-20(22)14-25-13-15-7-3-2-4-8-15/h2-11,19H,12-14H2,1H3,(H,21,22). The van der Waals surface area contributed by atoms with Crippen molar-refractivity contribution in [3.8, 4) is 0 Å². The second kappa shape index (κ2) is 8.74. The van der Waals surface area contributed by atoms with E-state index in [4.69, 9.17) is 9.15 Å². The van der Waals surface area contributed by atoms with Gasteiger partial charge in [-0.3, -0.25) is 4.79 Å². The minimum Gasteiger partial charge on any atom is -0.458 e. The summed E-state index contributed by atoms with van der Waals surface area (Å²) in [5.74, 6) is 1.97. The number of carbonyl (C=O) groups is 1. The van der Waals surface area contributed by atoms with Gasteiger partial charge < -0.3 is 14.5 Å². The summed E-state index contributed by atoms with van der Waals surface area (Å²) in [6, 6.07) is 19.9. The van der Waals surface area contributed by atoms with Gasteiger partial charge in [0.05, 0.1) is 12.3 Å². The van der Waals surface area contributed by atoms with Gasteiger partial charge in [0.25, 0.3) is 0 Å². The van der Waals surface area contributed by atoms with Gasteiger partial charge in [0.1, 0.15) is 17.4 Å². The molecule has 1 atom stereocenters. The fourth-order valence-electron chi connectivity index (χ4n) is 2.55. The molecule has 5 heteroatoms. The number of nitrogens with one attached hydrogen (secondary N) is 1. The number of fused-ring (bicyclic) bond motifs is 1. The molecule has 2 aromatic carbocycles. The van der Waals surface area contributed by atoms with Crippen molar-refractivity contribution >= 4 is 28.6 Å². The molecule has 1 unspecified atom stereocenters.